The summed E-state index contributed by atoms with van der Waals surface area (Å²) in [5.74, 6) is 2.24. The molecule has 0 saturated carbocycles. The van der Waals surface area contributed by atoms with Gasteiger partial charge in [-0.2, -0.15) is 0 Å². The van der Waals surface area contributed by atoms with Crippen LogP contribution < -0.4 is 4.99 Å². The molecular formula is C15H16NSe+. The zero-order chi connectivity index (χ0) is 11.9. The molecule has 0 heterocycles. The van der Waals surface area contributed by atoms with Gasteiger partial charge in [-0.15, -0.1) is 0 Å². The first-order valence-corrected chi connectivity index (χ1v) is 8.21. The maximum absolute atomic E-state index is 3.55. The first-order chi connectivity index (χ1) is 8.40. The molecule has 0 spiro atoms. The van der Waals surface area contributed by atoms with Crippen molar-refractivity contribution >= 4 is 19.6 Å². The third-order valence-electron chi connectivity index (χ3n) is 2.54. The van der Waals surface area contributed by atoms with E-state index in [4.69, 9.17) is 0 Å². The van der Waals surface area contributed by atoms with Gasteiger partial charge in [0.2, 0.25) is 0 Å². The molecule has 0 aliphatic rings. The third-order valence-corrected chi connectivity index (χ3v) is 4.19. The molecular weight excluding hydrogens is 273 g/mol. The summed E-state index contributed by atoms with van der Waals surface area (Å²) in [6.45, 7) is 0.903. The van der Waals surface area contributed by atoms with Crippen LogP contribution in [0.15, 0.2) is 60.7 Å². The van der Waals surface area contributed by atoms with Crippen molar-refractivity contribution in [3.8, 4) is 0 Å². The quantitative estimate of drug-likeness (QED) is 0.647. The summed E-state index contributed by atoms with van der Waals surface area (Å²) in [6.07, 6.45) is 0. The average Bonchev–Trinajstić information content (AvgIpc) is 2.42. The fraction of sp³-hybridized carbons (Fsp3) is 0.133. The van der Waals surface area contributed by atoms with Gasteiger partial charge in [0.15, 0.2) is 0 Å². The van der Waals surface area contributed by atoms with Crippen LogP contribution in [-0.4, -0.2) is 19.6 Å². The molecule has 0 saturated heterocycles. The molecule has 0 amide bonds. The van der Waals surface area contributed by atoms with Crippen LogP contribution in [-0.2, 0) is 6.54 Å². The van der Waals surface area contributed by atoms with Crippen LogP contribution in [0, 0.1) is 0 Å². The standard InChI is InChI=1S/C15H15NSe/c1-17-15(14-10-6-3-7-11-14)16-12-13-8-4-2-5-9-13/h2-11H,12H2,1H3/p+1. The third kappa shape index (κ3) is 3.55. The Morgan fingerprint density at radius 1 is 0.941 bits per heavy atom. The Balaban J connectivity index is 2.14. The zero-order valence-electron chi connectivity index (χ0n) is 9.89. The summed E-state index contributed by atoms with van der Waals surface area (Å²) >= 11 is 0.482. The van der Waals surface area contributed by atoms with E-state index >= 15 is 0 Å². The van der Waals surface area contributed by atoms with Crippen molar-refractivity contribution in [2.75, 3.05) is 0 Å². The van der Waals surface area contributed by atoms with Crippen molar-refractivity contribution in [1.82, 2.24) is 0 Å². The van der Waals surface area contributed by atoms with Crippen LogP contribution >= 0.6 is 0 Å². The molecule has 0 bridgehead atoms. The summed E-state index contributed by atoms with van der Waals surface area (Å²) < 4.78 is 1.36. The van der Waals surface area contributed by atoms with Crippen LogP contribution in [0.5, 0.6) is 0 Å². The van der Waals surface area contributed by atoms with Crippen molar-refractivity contribution < 1.29 is 4.99 Å². The van der Waals surface area contributed by atoms with E-state index in [9.17, 15) is 0 Å². The van der Waals surface area contributed by atoms with E-state index in [2.05, 4.69) is 71.5 Å². The molecule has 0 aliphatic heterocycles. The van der Waals surface area contributed by atoms with Gasteiger partial charge in [-0.3, -0.25) is 0 Å². The summed E-state index contributed by atoms with van der Waals surface area (Å²) in [6, 6.07) is 21.1. The van der Waals surface area contributed by atoms with Gasteiger partial charge in [-0.25, -0.2) is 0 Å². The van der Waals surface area contributed by atoms with Crippen molar-refractivity contribution in [2.24, 2.45) is 0 Å². The summed E-state index contributed by atoms with van der Waals surface area (Å²) in [5.41, 5.74) is 2.64. The Labute approximate surface area is 109 Å². The maximum atomic E-state index is 3.55. The Morgan fingerprint density at radius 3 is 2.12 bits per heavy atom. The van der Waals surface area contributed by atoms with E-state index in [1.54, 1.807) is 0 Å². The molecule has 2 aromatic rings. The van der Waals surface area contributed by atoms with E-state index in [-0.39, 0.29) is 0 Å². The number of hydrogen-bond donors (Lipinski definition) is 1. The van der Waals surface area contributed by atoms with Crippen molar-refractivity contribution in [3.63, 3.8) is 0 Å². The SMILES string of the molecule is C[Se]C(=[NH+]Cc1ccccc1)c1ccccc1. The van der Waals surface area contributed by atoms with E-state index in [0.717, 1.165) is 6.54 Å². The molecule has 1 N–H and O–H groups in total. The number of rotatable bonds is 4. The summed E-state index contributed by atoms with van der Waals surface area (Å²) in [5, 5.41) is 0. The second kappa shape index (κ2) is 6.39. The predicted molar refractivity (Wildman–Crippen MR) is 73.3 cm³/mol. The minimum atomic E-state index is 0.482. The van der Waals surface area contributed by atoms with Crippen LogP contribution in [0.2, 0.25) is 5.82 Å². The fourth-order valence-electron chi connectivity index (χ4n) is 1.66. The van der Waals surface area contributed by atoms with Crippen LogP contribution in [0.3, 0.4) is 0 Å². The first-order valence-electron chi connectivity index (χ1n) is 5.64. The molecule has 2 aromatic carbocycles. The Bertz CT molecular complexity index is 477. The van der Waals surface area contributed by atoms with Gasteiger partial charge in [0, 0.05) is 0 Å². The summed E-state index contributed by atoms with van der Waals surface area (Å²) in [4.78, 5) is 3.55. The predicted octanol–water partition coefficient (Wildman–Crippen LogP) is 1.47. The molecule has 17 heavy (non-hydrogen) atoms. The van der Waals surface area contributed by atoms with Gasteiger partial charge in [0.1, 0.15) is 0 Å². The van der Waals surface area contributed by atoms with Gasteiger partial charge in [-0.1, -0.05) is 0 Å². The van der Waals surface area contributed by atoms with E-state index in [1.165, 1.54) is 15.7 Å². The van der Waals surface area contributed by atoms with Crippen molar-refractivity contribution in [1.29, 1.82) is 0 Å². The van der Waals surface area contributed by atoms with Gasteiger partial charge in [0.05, 0.1) is 0 Å². The zero-order valence-corrected chi connectivity index (χ0v) is 11.6. The molecule has 0 unspecified atom stereocenters. The molecule has 2 rings (SSSR count). The second-order valence-electron chi connectivity index (χ2n) is 3.74. The molecule has 0 aromatic heterocycles. The van der Waals surface area contributed by atoms with E-state index in [1.807, 2.05) is 0 Å². The Morgan fingerprint density at radius 2 is 1.53 bits per heavy atom. The monoisotopic (exact) mass is 290 g/mol. The van der Waals surface area contributed by atoms with Gasteiger partial charge in [-0.05, 0) is 0 Å². The van der Waals surface area contributed by atoms with Gasteiger partial charge in [0.25, 0.3) is 0 Å². The summed E-state index contributed by atoms with van der Waals surface area (Å²) in [7, 11) is 0. The van der Waals surface area contributed by atoms with Crippen molar-refractivity contribution in [3.05, 3.63) is 71.8 Å². The first kappa shape index (κ1) is 12.1. The molecule has 0 radical (unpaired) electrons. The Hall–Kier alpha value is -1.37. The fourth-order valence-corrected chi connectivity index (χ4v) is 2.89. The molecule has 2 heteroatoms. The second-order valence-corrected chi connectivity index (χ2v) is 5.45. The number of benzene rings is 2. The van der Waals surface area contributed by atoms with Crippen LogP contribution in [0.25, 0.3) is 0 Å². The van der Waals surface area contributed by atoms with Gasteiger partial charge < -0.3 is 0 Å². The van der Waals surface area contributed by atoms with E-state index < -0.39 is 0 Å². The minimum absolute atomic E-state index is 0.482. The number of hydrogen-bond acceptors (Lipinski definition) is 0. The average molecular weight is 289 g/mol. The molecule has 86 valence electrons. The van der Waals surface area contributed by atoms with E-state index in [0.29, 0.717) is 15.0 Å². The van der Waals surface area contributed by atoms with Crippen LogP contribution in [0.4, 0.5) is 0 Å². The normalized spacial score (nSPS) is 11.5. The molecule has 0 atom stereocenters. The Kier molecular flexibility index (Phi) is 4.54. The van der Waals surface area contributed by atoms with Gasteiger partial charge >= 0.3 is 109 Å². The molecule has 1 nitrogen and oxygen atoms in total. The van der Waals surface area contributed by atoms with Crippen LogP contribution in [0.1, 0.15) is 11.1 Å². The topological polar surface area (TPSA) is 14.0 Å². The molecule has 0 fully saturated rings. The molecule has 0 aliphatic carbocycles. The van der Waals surface area contributed by atoms with Crippen molar-refractivity contribution in [2.45, 2.75) is 12.4 Å². The number of nitrogens with one attached hydrogen (secondary N) is 1.